The SMILES string of the molecule is Cc1nnc2c(N3CC4CCCNC4C3)nccn12. The molecule has 2 aromatic heterocycles. The van der Waals surface area contributed by atoms with E-state index in [4.69, 9.17) is 0 Å². The van der Waals surface area contributed by atoms with Crippen molar-refractivity contribution in [3.05, 3.63) is 18.2 Å². The summed E-state index contributed by atoms with van der Waals surface area (Å²) < 4.78 is 2.01. The molecule has 0 bridgehead atoms. The molecule has 0 spiro atoms. The van der Waals surface area contributed by atoms with Gasteiger partial charge in [0, 0.05) is 31.5 Å². The van der Waals surface area contributed by atoms with Gasteiger partial charge in [0.25, 0.3) is 0 Å². The molecular weight excluding hydrogens is 240 g/mol. The van der Waals surface area contributed by atoms with E-state index in [1.54, 1.807) is 0 Å². The Balaban J connectivity index is 1.71. The molecule has 0 aromatic carbocycles. The van der Waals surface area contributed by atoms with Crippen LogP contribution in [0.15, 0.2) is 12.4 Å². The zero-order chi connectivity index (χ0) is 12.8. The van der Waals surface area contributed by atoms with Crippen molar-refractivity contribution in [1.29, 1.82) is 0 Å². The van der Waals surface area contributed by atoms with Crippen molar-refractivity contribution in [2.45, 2.75) is 25.8 Å². The Morgan fingerprint density at radius 2 is 2.26 bits per heavy atom. The van der Waals surface area contributed by atoms with Gasteiger partial charge in [-0.3, -0.25) is 4.40 Å². The van der Waals surface area contributed by atoms with Crippen LogP contribution in [-0.2, 0) is 0 Å². The lowest BCUT2D eigenvalue weighted by Gasteiger charge is -2.24. The van der Waals surface area contributed by atoms with E-state index in [0.29, 0.717) is 6.04 Å². The van der Waals surface area contributed by atoms with Crippen molar-refractivity contribution >= 4 is 11.5 Å². The topological polar surface area (TPSA) is 58.4 Å². The van der Waals surface area contributed by atoms with Crippen molar-refractivity contribution < 1.29 is 0 Å². The first kappa shape index (κ1) is 11.2. The van der Waals surface area contributed by atoms with E-state index in [2.05, 4.69) is 25.4 Å². The molecule has 2 aliphatic heterocycles. The predicted molar refractivity (Wildman–Crippen MR) is 72.2 cm³/mol. The third-order valence-electron chi connectivity index (χ3n) is 4.38. The van der Waals surface area contributed by atoms with Crippen LogP contribution < -0.4 is 10.2 Å². The molecule has 2 aliphatic rings. The largest absolute Gasteiger partial charge is 0.352 e. The van der Waals surface area contributed by atoms with Gasteiger partial charge < -0.3 is 10.2 Å². The van der Waals surface area contributed by atoms with E-state index in [9.17, 15) is 0 Å². The highest BCUT2D eigenvalue weighted by atomic mass is 15.3. The second-order valence-electron chi connectivity index (χ2n) is 5.56. The van der Waals surface area contributed by atoms with Crippen LogP contribution in [-0.4, -0.2) is 45.3 Å². The van der Waals surface area contributed by atoms with Gasteiger partial charge in [0.2, 0.25) is 5.65 Å². The first-order valence-electron chi connectivity index (χ1n) is 6.97. The number of nitrogens with one attached hydrogen (secondary N) is 1. The zero-order valence-corrected chi connectivity index (χ0v) is 11.1. The Hall–Kier alpha value is -1.69. The summed E-state index contributed by atoms with van der Waals surface area (Å²) >= 11 is 0. The van der Waals surface area contributed by atoms with Gasteiger partial charge >= 0.3 is 0 Å². The van der Waals surface area contributed by atoms with Crippen molar-refractivity contribution in [3.63, 3.8) is 0 Å². The lowest BCUT2D eigenvalue weighted by Crippen LogP contribution is -2.40. The molecule has 2 atom stereocenters. The Morgan fingerprint density at radius 1 is 1.32 bits per heavy atom. The summed E-state index contributed by atoms with van der Waals surface area (Å²) in [4.78, 5) is 6.89. The number of hydrogen-bond donors (Lipinski definition) is 1. The van der Waals surface area contributed by atoms with Crippen LogP contribution in [0.1, 0.15) is 18.7 Å². The van der Waals surface area contributed by atoms with Crippen LogP contribution in [0.2, 0.25) is 0 Å². The summed E-state index contributed by atoms with van der Waals surface area (Å²) in [6.45, 7) is 5.23. The molecule has 2 fully saturated rings. The van der Waals surface area contributed by atoms with E-state index in [0.717, 1.165) is 42.8 Å². The van der Waals surface area contributed by atoms with Gasteiger partial charge in [-0.2, -0.15) is 0 Å². The highest BCUT2D eigenvalue weighted by molar-refractivity contribution is 5.64. The van der Waals surface area contributed by atoms with Crippen LogP contribution >= 0.6 is 0 Å². The quantitative estimate of drug-likeness (QED) is 0.812. The third-order valence-corrected chi connectivity index (χ3v) is 4.38. The minimum absolute atomic E-state index is 0.611. The number of aryl methyl sites for hydroxylation is 1. The molecule has 6 heteroatoms. The fourth-order valence-corrected chi connectivity index (χ4v) is 3.37. The van der Waals surface area contributed by atoms with Gasteiger partial charge in [-0.05, 0) is 32.2 Å². The monoisotopic (exact) mass is 258 g/mol. The Bertz CT molecular complexity index is 592. The Kier molecular flexibility index (Phi) is 2.44. The fraction of sp³-hybridized carbons (Fsp3) is 0.615. The number of rotatable bonds is 1. The number of hydrogen-bond acceptors (Lipinski definition) is 5. The van der Waals surface area contributed by atoms with Crippen LogP contribution in [0.3, 0.4) is 0 Å². The van der Waals surface area contributed by atoms with Gasteiger partial charge in [0.05, 0.1) is 0 Å². The molecule has 0 radical (unpaired) electrons. The maximum atomic E-state index is 4.53. The number of fused-ring (bicyclic) bond motifs is 2. The van der Waals surface area contributed by atoms with Crippen molar-refractivity contribution in [3.8, 4) is 0 Å². The summed E-state index contributed by atoms with van der Waals surface area (Å²) in [5.41, 5.74) is 0.874. The van der Waals surface area contributed by atoms with E-state index in [-0.39, 0.29) is 0 Å². The maximum absolute atomic E-state index is 4.53. The van der Waals surface area contributed by atoms with Crippen LogP contribution in [0.5, 0.6) is 0 Å². The van der Waals surface area contributed by atoms with Gasteiger partial charge in [-0.25, -0.2) is 4.98 Å². The molecule has 0 amide bonds. The maximum Gasteiger partial charge on any atom is 0.203 e. The smallest absolute Gasteiger partial charge is 0.203 e. The summed E-state index contributed by atoms with van der Waals surface area (Å²) in [6.07, 6.45) is 6.38. The van der Waals surface area contributed by atoms with E-state index >= 15 is 0 Å². The highest BCUT2D eigenvalue weighted by Crippen LogP contribution is 2.29. The van der Waals surface area contributed by atoms with Crippen LogP contribution in [0.25, 0.3) is 5.65 Å². The normalized spacial score (nSPS) is 26.9. The number of nitrogens with zero attached hydrogens (tertiary/aromatic N) is 5. The first-order valence-corrected chi connectivity index (χ1v) is 6.97. The molecule has 4 heterocycles. The fourth-order valence-electron chi connectivity index (χ4n) is 3.37. The van der Waals surface area contributed by atoms with Crippen molar-refractivity contribution in [1.82, 2.24) is 24.9 Å². The molecule has 2 aromatic rings. The van der Waals surface area contributed by atoms with Crippen LogP contribution in [0, 0.1) is 12.8 Å². The summed E-state index contributed by atoms with van der Waals surface area (Å²) in [5, 5.41) is 12.0. The lowest BCUT2D eigenvalue weighted by molar-refractivity contribution is 0.340. The van der Waals surface area contributed by atoms with E-state index < -0.39 is 0 Å². The molecular formula is C13H18N6. The summed E-state index contributed by atoms with van der Waals surface area (Å²) in [5.74, 6) is 2.63. The van der Waals surface area contributed by atoms with Crippen LogP contribution in [0.4, 0.5) is 5.82 Å². The second kappa shape index (κ2) is 4.16. The molecule has 100 valence electrons. The molecule has 4 rings (SSSR count). The Morgan fingerprint density at radius 3 is 3.16 bits per heavy atom. The molecule has 0 aliphatic carbocycles. The second-order valence-corrected chi connectivity index (χ2v) is 5.56. The van der Waals surface area contributed by atoms with Crippen molar-refractivity contribution in [2.75, 3.05) is 24.5 Å². The molecule has 2 unspecified atom stereocenters. The first-order chi connectivity index (χ1) is 9.33. The number of aromatic nitrogens is 4. The average molecular weight is 258 g/mol. The molecule has 2 saturated heterocycles. The van der Waals surface area contributed by atoms with Crippen molar-refractivity contribution in [2.24, 2.45) is 5.92 Å². The molecule has 1 N–H and O–H groups in total. The predicted octanol–water partition coefficient (Wildman–Crippen LogP) is 0.621. The van der Waals surface area contributed by atoms with Gasteiger partial charge in [0.15, 0.2) is 5.82 Å². The molecule has 6 nitrogen and oxygen atoms in total. The highest BCUT2D eigenvalue weighted by Gasteiger charge is 2.35. The standard InChI is InChI=1S/C13H18N6/c1-9-16-17-13-12(15-5-6-19(9)13)18-7-10-3-2-4-14-11(10)8-18/h5-6,10-11,14H,2-4,7-8H2,1H3. The summed E-state index contributed by atoms with van der Waals surface area (Å²) in [6, 6.07) is 0.611. The molecule has 0 saturated carbocycles. The van der Waals surface area contributed by atoms with Gasteiger partial charge in [-0.1, -0.05) is 0 Å². The number of anilines is 1. The third kappa shape index (κ3) is 1.70. The number of piperidine rings is 1. The minimum atomic E-state index is 0.611. The van der Waals surface area contributed by atoms with E-state index in [1.165, 1.54) is 12.8 Å². The average Bonchev–Trinajstić information content (AvgIpc) is 3.03. The van der Waals surface area contributed by atoms with Gasteiger partial charge in [0.1, 0.15) is 5.82 Å². The van der Waals surface area contributed by atoms with E-state index in [1.807, 2.05) is 23.7 Å². The summed E-state index contributed by atoms with van der Waals surface area (Å²) in [7, 11) is 0. The Labute approximate surface area is 111 Å². The van der Waals surface area contributed by atoms with Gasteiger partial charge in [-0.15, -0.1) is 10.2 Å². The minimum Gasteiger partial charge on any atom is -0.352 e. The zero-order valence-electron chi connectivity index (χ0n) is 11.1. The lowest BCUT2D eigenvalue weighted by atomic mass is 9.94. The molecule has 19 heavy (non-hydrogen) atoms.